The molecule has 0 radical (unpaired) electrons. The third-order valence-corrected chi connectivity index (χ3v) is 4.61. The van der Waals surface area contributed by atoms with Gasteiger partial charge in [-0.1, -0.05) is 31.9 Å². The molecular formula is C16H19ClN2. The standard InChI is InChI=1S/C16H19ClN2/c1-16(2)9-3-6-14(16)19-13-8-7-12(17)15-11(13)5-4-10-18-15/h4-5,7-8,10,14,19H,3,6,9H2,1-2H3. The zero-order valence-corrected chi connectivity index (χ0v) is 12.2. The molecule has 3 heteroatoms. The van der Waals surface area contributed by atoms with Gasteiger partial charge in [0.2, 0.25) is 0 Å². The Labute approximate surface area is 119 Å². The van der Waals surface area contributed by atoms with Crippen molar-refractivity contribution in [3.05, 3.63) is 35.5 Å². The van der Waals surface area contributed by atoms with E-state index in [1.54, 1.807) is 6.20 Å². The smallest absolute Gasteiger partial charge is 0.0908 e. The molecule has 1 aliphatic carbocycles. The summed E-state index contributed by atoms with van der Waals surface area (Å²) in [5.74, 6) is 0. The third-order valence-electron chi connectivity index (χ3n) is 4.31. The number of nitrogens with one attached hydrogen (secondary N) is 1. The highest BCUT2D eigenvalue weighted by atomic mass is 35.5. The van der Waals surface area contributed by atoms with Crippen LogP contribution in [0.5, 0.6) is 0 Å². The van der Waals surface area contributed by atoms with Gasteiger partial charge in [-0.05, 0) is 42.5 Å². The van der Waals surface area contributed by atoms with E-state index >= 15 is 0 Å². The highest BCUT2D eigenvalue weighted by molar-refractivity contribution is 6.35. The first kappa shape index (κ1) is 12.7. The summed E-state index contributed by atoms with van der Waals surface area (Å²) in [5.41, 5.74) is 2.38. The van der Waals surface area contributed by atoms with Gasteiger partial charge in [0.15, 0.2) is 0 Å². The molecule has 1 saturated carbocycles. The first-order valence-electron chi connectivity index (χ1n) is 6.88. The zero-order chi connectivity index (χ0) is 13.5. The van der Waals surface area contributed by atoms with Gasteiger partial charge in [-0.2, -0.15) is 0 Å². The van der Waals surface area contributed by atoms with Crippen molar-refractivity contribution >= 4 is 28.2 Å². The third kappa shape index (κ3) is 2.30. The van der Waals surface area contributed by atoms with Crippen molar-refractivity contribution in [3.8, 4) is 0 Å². The van der Waals surface area contributed by atoms with Crippen LogP contribution in [0.1, 0.15) is 33.1 Å². The average Bonchev–Trinajstić information content (AvgIpc) is 2.72. The lowest BCUT2D eigenvalue weighted by molar-refractivity contribution is 0.350. The lowest BCUT2D eigenvalue weighted by Crippen LogP contribution is -2.30. The molecular weight excluding hydrogens is 256 g/mol. The predicted octanol–water partition coefficient (Wildman–Crippen LogP) is 4.88. The maximum absolute atomic E-state index is 6.21. The number of halogens is 1. The second-order valence-electron chi connectivity index (χ2n) is 6.07. The molecule has 1 aromatic heterocycles. The number of nitrogens with zero attached hydrogens (tertiary/aromatic N) is 1. The van der Waals surface area contributed by atoms with E-state index in [-0.39, 0.29) is 0 Å². The van der Waals surface area contributed by atoms with Crippen LogP contribution < -0.4 is 5.32 Å². The van der Waals surface area contributed by atoms with E-state index in [0.29, 0.717) is 16.5 Å². The molecule has 0 spiro atoms. The van der Waals surface area contributed by atoms with Crippen molar-refractivity contribution < 1.29 is 0 Å². The number of fused-ring (bicyclic) bond motifs is 1. The highest BCUT2D eigenvalue weighted by Crippen LogP contribution is 2.40. The Morgan fingerprint density at radius 2 is 2.16 bits per heavy atom. The molecule has 1 aromatic carbocycles. The molecule has 0 aliphatic heterocycles. The predicted molar refractivity (Wildman–Crippen MR) is 81.8 cm³/mol. The van der Waals surface area contributed by atoms with Crippen molar-refractivity contribution in [2.75, 3.05) is 5.32 Å². The molecule has 1 heterocycles. The van der Waals surface area contributed by atoms with E-state index in [1.165, 1.54) is 19.3 Å². The molecule has 19 heavy (non-hydrogen) atoms. The number of hydrogen-bond acceptors (Lipinski definition) is 2. The van der Waals surface area contributed by atoms with Crippen LogP contribution in [0.25, 0.3) is 10.9 Å². The lowest BCUT2D eigenvalue weighted by Gasteiger charge is -2.29. The van der Waals surface area contributed by atoms with Gasteiger partial charge in [0.05, 0.1) is 10.5 Å². The van der Waals surface area contributed by atoms with Gasteiger partial charge < -0.3 is 5.32 Å². The van der Waals surface area contributed by atoms with Crippen LogP contribution >= 0.6 is 11.6 Å². The van der Waals surface area contributed by atoms with Crippen LogP contribution in [0.15, 0.2) is 30.5 Å². The normalized spacial score (nSPS) is 21.7. The number of rotatable bonds is 2. The maximum Gasteiger partial charge on any atom is 0.0908 e. The zero-order valence-electron chi connectivity index (χ0n) is 11.4. The van der Waals surface area contributed by atoms with Crippen molar-refractivity contribution in [1.29, 1.82) is 0 Å². The van der Waals surface area contributed by atoms with Gasteiger partial charge in [-0.3, -0.25) is 4.98 Å². The summed E-state index contributed by atoms with van der Waals surface area (Å²) in [5, 5.41) is 5.53. The average molecular weight is 275 g/mol. The molecule has 0 saturated heterocycles. The first-order valence-corrected chi connectivity index (χ1v) is 7.25. The van der Waals surface area contributed by atoms with Crippen molar-refractivity contribution in [3.63, 3.8) is 0 Å². The van der Waals surface area contributed by atoms with Crippen molar-refractivity contribution in [2.24, 2.45) is 5.41 Å². The maximum atomic E-state index is 6.21. The van der Waals surface area contributed by atoms with Crippen LogP contribution in [-0.2, 0) is 0 Å². The fourth-order valence-corrected chi connectivity index (χ4v) is 3.26. The van der Waals surface area contributed by atoms with E-state index in [9.17, 15) is 0 Å². The Morgan fingerprint density at radius 1 is 1.32 bits per heavy atom. The first-order chi connectivity index (χ1) is 9.08. The summed E-state index contributed by atoms with van der Waals surface area (Å²) in [6.07, 6.45) is 5.61. The quantitative estimate of drug-likeness (QED) is 0.844. The molecule has 100 valence electrons. The molecule has 1 N–H and O–H groups in total. The van der Waals surface area contributed by atoms with E-state index in [2.05, 4.69) is 36.3 Å². The van der Waals surface area contributed by atoms with Gasteiger partial charge in [-0.25, -0.2) is 0 Å². The van der Waals surface area contributed by atoms with Crippen molar-refractivity contribution in [2.45, 2.75) is 39.2 Å². The monoisotopic (exact) mass is 274 g/mol. The van der Waals surface area contributed by atoms with Gasteiger partial charge in [0, 0.05) is 23.3 Å². The number of anilines is 1. The molecule has 2 aromatic rings. The summed E-state index contributed by atoms with van der Waals surface area (Å²) < 4.78 is 0. The van der Waals surface area contributed by atoms with E-state index < -0.39 is 0 Å². The van der Waals surface area contributed by atoms with Gasteiger partial charge >= 0.3 is 0 Å². The fraction of sp³-hybridized carbons (Fsp3) is 0.438. The molecule has 3 rings (SSSR count). The molecule has 1 unspecified atom stereocenters. The number of pyridine rings is 1. The van der Waals surface area contributed by atoms with Crippen LogP contribution in [-0.4, -0.2) is 11.0 Å². The number of benzene rings is 1. The van der Waals surface area contributed by atoms with Crippen molar-refractivity contribution in [1.82, 2.24) is 4.98 Å². The summed E-state index contributed by atoms with van der Waals surface area (Å²) in [6.45, 7) is 4.68. The minimum absolute atomic E-state index is 0.355. The Morgan fingerprint density at radius 3 is 2.89 bits per heavy atom. The second kappa shape index (κ2) is 4.68. The highest BCUT2D eigenvalue weighted by Gasteiger charge is 2.34. The molecule has 0 bridgehead atoms. The lowest BCUT2D eigenvalue weighted by atomic mass is 9.87. The number of aromatic nitrogens is 1. The summed E-state index contributed by atoms with van der Waals surface area (Å²) in [7, 11) is 0. The second-order valence-corrected chi connectivity index (χ2v) is 6.48. The fourth-order valence-electron chi connectivity index (χ4n) is 3.05. The minimum atomic E-state index is 0.355. The summed E-state index contributed by atoms with van der Waals surface area (Å²) in [6, 6.07) is 8.57. The Hall–Kier alpha value is -1.28. The van der Waals surface area contributed by atoms with E-state index in [1.807, 2.05) is 12.1 Å². The Bertz CT molecular complexity index is 607. The summed E-state index contributed by atoms with van der Waals surface area (Å²) in [4.78, 5) is 4.38. The van der Waals surface area contributed by atoms with Crippen LogP contribution in [0.4, 0.5) is 5.69 Å². The molecule has 0 amide bonds. The topological polar surface area (TPSA) is 24.9 Å². The number of hydrogen-bond donors (Lipinski definition) is 1. The van der Waals surface area contributed by atoms with Crippen LogP contribution in [0, 0.1) is 5.41 Å². The molecule has 1 atom stereocenters. The SMILES string of the molecule is CC1(C)CCCC1Nc1ccc(Cl)c2ncccc12. The van der Waals surface area contributed by atoms with E-state index in [4.69, 9.17) is 11.6 Å². The van der Waals surface area contributed by atoms with Gasteiger partial charge in [-0.15, -0.1) is 0 Å². The molecule has 1 fully saturated rings. The largest absolute Gasteiger partial charge is 0.381 e. The Balaban J connectivity index is 2.00. The summed E-state index contributed by atoms with van der Waals surface area (Å²) >= 11 is 6.21. The minimum Gasteiger partial charge on any atom is -0.381 e. The van der Waals surface area contributed by atoms with Crippen LogP contribution in [0.2, 0.25) is 5.02 Å². The molecule has 2 nitrogen and oxygen atoms in total. The van der Waals surface area contributed by atoms with Gasteiger partial charge in [0.1, 0.15) is 0 Å². The van der Waals surface area contributed by atoms with E-state index in [0.717, 1.165) is 16.6 Å². The molecule has 1 aliphatic rings. The Kier molecular flexibility index (Phi) is 3.14. The van der Waals surface area contributed by atoms with Crippen LogP contribution in [0.3, 0.4) is 0 Å². The van der Waals surface area contributed by atoms with Gasteiger partial charge in [0.25, 0.3) is 0 Å².